The van der Waals surface area contributed by atoms with Gasteiger partial charge in [-0.05, 0) is 26.2 Å². The van der Waals surface area contributed by atoms with Crippen LogP contribution in [-0.2, 0) is 4.74 Å². The molecule has 1 rings (SSSR count). The SMILES string of the molecule is C[C@H]1[CH]CCCO1. The maximum absolute atomic E-state index is 5.22. The molecule has 0 amide bonds. The first-order valence-electron chi connectivity index (χ1n) is 2.84. The summed E-state index contributed by atoms with van der Waals surface area (Å²) in [6, 6.07) is 0. The Morgan fingerprint density at radius 2 is 2.57 bits per heavy atom. The normalized spacial score (nSPS) is 33.0. The Morgan fingerprint density at radius 3 is 2.86 bits per heavy atom. The van der Waals surface area contributed by atoms with Gasteiger partial charge in [-0.2, -0.15) is 0 Å². The van der Waals surface area contributed by atoms with E-state index in [1.165, 1.54) is 12.8 Å². The van der Waals surface area contributed by atoms with Crippen LogP contribution in [0.1, 0.15) is 19.8 Å². The number of rotatable bonds is 0. The molecule has 1 heterocycles. The zero-order chi connectivity index (χ0) is 5.11. The molecule has 1 aliphatic rings. The first-order chi connectivity index (χ1) is 3.39. The molecule has 1 saturated heterocycles. The summed E-state index contributed by atoms with van der Waals surface area (Å²) in [5.74, 6) is 0. The summed E-state index contributed by atoms with van der Waals surface area (Å²) >= 11 is 0. The minimum absolute atomic E-state index is 0.411. The maximum Gasteiger partial charge on any atom is 0.0578 e. The highest BCUT2D eigenvalue weighted by Gasteiger charge is 2.06. The van der Waals surface area contributed by atoms with E-state index in [1.807, 2.05) is 0 Å². The van der Waals surface area contributed by atoms with E-state index < -0.39 is 0 Å². The van der Waals surface area contributed by atoms with E-state index in [-0.39, 0.29) is 0 Å². The Bertz CT molecular complexity index is 46.1. The molecule has 1 fully saturated rings. The van der Waals surface area contributed by atoms with E-state index in [0.29, 0.717) is 6.10 Å². The summed E-state index contributed by atoms with van der Waals surface area (Å²) in [6.07, 6.45) is 5.07. The van der Waals surface area contributed by atoms with Crippen molar-refractivity contribution in [1.29, 1.82) is 0 Å². The van der Waals surface area contributed by atoms with Crippen molar-refractivity contribution in [3.63, 3.8) is 0 Å². The van der Waals surface area contributed by atoms with E-state index >= 15 is 0 Å². The molecule has 7 heavy (non-hydrogen) atoms. The second-order valence-electron chi connectivity index (χ2n) is 1.95. The van der Waals surface area contributed by atoms with Crippen molar-refractivity contribution >= 4 is 0 Å². The average Bonchev–Trinajstić information content (AvgIpc) is 1.69. The van der Waals surface area contributed by atoms with Gasteiger partial charge in [0.2, 0.25) is 0 Å². The number of hydrogen-bond donors (Lipinski definition) is 0. The molecule has 0 aromatic heterocycles. The minimum atomic E-state index is 0.411. The lowest BCUT2D eigenvalue weighted by atomic mass is 10.1. The van der Waals surface area contributed by atoms with Crippen LogP contribution in [0.15, 0.2) is 0 Å². The number of ether oxygens (including phenoxy) is 1. The van der Waals surface area contributed by atoms with Crippen LogP contribution < -0.4 is 0 Å². The molecule has 0 unspecified atom stereocenters. The Morgan fingerprint density at radius 1 is 1.71 bits per heavy atom. The third-order valence-electron chi connectivity index (χ3n) is 1.23. The number of hydrogen-bond acceptors (Lipinski definition) is 1. The van der Waals surface area contributed by atoms with Gasteiger partial charge in [0, 0.05) is 6.61 Å². The van der Waals surface area contributed by atoms with Crippen molar-refractivity contribution in [2.45, 2.75) is 25.9 Å². The van der Waals surface area contributed by atoms with Gasteiger partial charge in [0.05, 0.1) is 6.10 Å². The summed E-state index contributed by atoms with van der Waals surface area (Å²) < 4.78 is 5.22. The molecule has 0 spiro atoms. The minimum Gasteiger partial charge on any atom is -0.378 e. The summed E-state index contributed by atoms with van der Waals surface area (Å²) in [5.41, 5.74) is 0. The Kier molecular flexibility index (Phi) is 1.69. The lowest BCUT2D eigenvalue weighted by molar-refractivity contribution is 0.0614. The molecule has 0 aromatic rings. The van der Waals surface area contributed by atoms with Gasteiger partial charge in [-0.25, -0.2) is 0 Å². The third kappa shape index (κ3) is 1.48. The van der Waals surface area contributed by atoms with E-state index in [1.54, 1.807) is 0 Å². The molecule has 0 N–H and O–H groups in total. The van der Waals surface area contributed by atoms with Crippen molar-refractivity contribution in [2.75, 3.05) is 6.61 Å². The smallest absolute Gasteiger partial charge is 0.0578 e. The second-order valence-corrected chi connectivity index (χ2v) is 1.95. The van der Waals surface area contributed by atoms with Crippen LogP contribution in [-0.4, -0.2) is 12.7 Å². The van der Waals surface area contributed by atoms with Gasteiger partial charge in [0.1, 0.15) is 0 Å². The Hall–Kier alpha value is -0.0400. The van der Waals surface area contributed by atoms with Gasteiger partial charge >= 0.3 is 0 Å². The maximum atomic E-state index is 5.22. The van der Waals surface area contributed by atoms with Crippen LogP contribution in [0, 0.1) is 6.42 Å². The zero-order valence-electron chi connectivity index (χ0n) is 4.68. The third-order valence-corrected chi connectivity index (χ3v) is 1.23. The average molecular weight is 99.2 g/mol. The zero-order valence-corrected chi connectivity index (χ0v) is 4.68. The van der Waals surface area contributed by atoms with E-state index in [0.717, 1.165) is 6.61 Å². The molecular formula is C6H11O. The van der Waals surface area contributed by atoms with E-state index in [4.69, 9.17) is 4.74 Å². The van der Waals surface area contributed by atoms with Crippen molar-refractivity contribution < 1.29 is 4.74 Å². The first-order valence-corrected chi connectivity index (χ1v) is 2.84. The Balaban J connectivity index is 2.12. The lowest BCUT2D eigenvalue weighted by Gasteiger charge is -2.16. The first kappa shape index (κ1) is 5.10. The molecule has 0 bridgehead atoms. The van der Waals surface area contributed by atoms with Crippen molar-refractivity contribution in [2.24, 2.45) is 0 Å². The molecule has 1 aliphatic heterocycles. The predicted molar refractivity (Wildman–Crippen MR) is 28.9 cm³/mol. The lowest BCUT2D eigenvalue weighted by Crippen LogP contribution is -2.15. The van der Waals surface area contributed by atoms with Gasteiger partial charge in [-0.15, -0.1) is 0 Å². The molecular weight excluding hydrogens is 88.1 g/mol. The van der Waals surface area contributed by atoms with Gasteiger partial charge in [0.15, 0.2) is 0 Å². The fourth-order valence-corrected chi connectivity index (χ4v) is 0.773. The molecule has 1 atom stereocenters. The topological polar surface area (TPSA) is 9.23 Å². The van der Waals surface area contributed by atoms with Crippen LogP contribution in [0.5, 0.6) is 0 Å². The predicted octanol–water partition coefficient (Wildman–Crippen LogP) is 1.39. The van der Waals surface area contributed by atoms with E-state index in [9.17, 15) is 0 Å². The molecule has 1 nitrogen and oxygen atoms in total. The van der Waals surface area contributed by atoms with Gasteiger partial charge in [-0.1, -0.05) is 0 Å². The van der Waals surface area contributed by atoms with Crippen LogP contribution >= 0.6 is 0 Å². The Labute approximate surface area is 44.7 Å². The second kappa shape index (κ2) is 2.31. The van der Waals surface area contributed by atoms with E-state index in [2.05, 4.69) is 13.3 Å². The summed E-state index contributed by atoms with van der Waals surface area (Å²) in [6.45, 7) is 3.04. The van der Waals surface area contributed by atoms with Gasteiger partial charge < -0.3 is 4.74 Å². The highest BCUT2D eigenvalue weighted by Crippen LogP contribution is 2.09. The van der Waals surface area contributed by atoms with Crippen molar-refractivity contribution in [1.82, 2.24) is 0 Å². The summed E-state index contributed by atoms with van der Waals surface area (Å²) in [5, 5.41) is 0. The fraction of sp³-hybridized carbons (Fsp3) is 0.833. The quantitative estimate of drug-likeness (QED) is 0.446. The monoisotopic (exact) mass is 99.1 g/mol. The summed E-state index contributed by atoms with van der Waals surface area (Å²) in [7, 11) is 0. The van der Waals surface area contributed by atoms with Crippen molar-refractivity contribution in [3.05, 3.63) is 6.42 Å². The standard InChI is InChI=1S/C6H11O/c1-6-4-2-3-5-7-6/h4,6H,2-3,5H2,1H3/t6-/m0/s1. The van der Waals surface area contributed by atoms with Crippen LogP contribution in [0.2, 0.25) is 0 Å². The highest BCUT2D eigenvalue weighted by atomic mass is 16.5. The molecule has 1 radical (unpaired) electrons. The van der Waals surface area contributed by atoms with Crippen LogP contribution in [0.4, 0.5) is 0 Å². The molecule has 0 aromatic carbocycles. The van der Waals surface area contributed by atoms with Gasteiger partial charge in [-0.3, -0.25) is 0 Å². The summed E-state index contributed by atoms with van der Waals surface area (Å²) in [4.78, 5) is 0. The van der Waals surface area contributed by atoms with Crippen molar-refractivity contribution in [3.8, 4) is 0 Å². The van der Waals surface area contributed by atoms with Crippen LogP contribution in [0.25, 0.3) is 0 Å². The molecule has 41 valence electrons. The fourth-order valence-electron chi connectivity index (χ4n) is 0.773. The molecule has 0 saturated carbocycles. The highest BCUT2D eigenvalue weighted by molar-refractivity contribution is 4.75. The van der Waals surface area contributed by atoms with Crippen LogP contribution in [0.3, 0.4) is 0 Å². The molecule has 0 aliphatic carbocycles. The largest absolute Gasteiger partial charge is 0.378 e. The van der Waals surface area contributed by atoms with Gasteiger partial charge in [0.25, 0.3) is 0 Å². The molecule has 1 heteroatoms.